The minimum atomic E-state index is 0.0280. The summed E-state index contributed by atoms with van der Waals surface area (Å²) in [4.78, 5) is 12.9. The summed E-state index contributed by atoms with van der Waals surface area (Å²) in [7, 11) is 0. The molecule has 0 aromatic heterocycles. The predicted octanol–water partition coefficient (Wildman–Crippen LogP) is -0.362. The Morgan fingerprint density at radius 3 is 3.07 bits per heavy atom. The average Bonchev–Trinajstić information content (AvgIpc) is 2.58. The number of carbonyl (C=O) groups is 1. The van der Waals surface area contributed by atoms with Crippen LogP contribution in [0.2, 0.25) is 0 Å². The molecule has 0 saturated carbocycles. The third-order valence-electron chi connectivity index (χ3n) is 2.12. The van der Waals surface area contributed by atoms with Crippen LogP contribution in [0.3, 0.4) is 0 Å². The van der Waals surface area contributed by atoms with Gasteiger partial charge in [-0.05, 0) is 6.54 Å². The third-order valence-corrected chi connectivity index (χ3v) is 2.12. The van der Waals surface area contributed by atoms with Crippen molar-refractivity contribution in [1.29, 1.82) is 0 Å². The molecular weight excluding hydrogens is 182 g/mol. The minimum absolute atomic E-state index is 0.0280. The molecule has 0 spiro atoms. The Kier molecular flexibility index (Phi) is 5.32. The van der Waals surface area contributed by atoms with Gasteiger partial charge in [-0.15, -0.1) is 0 Å². The predicted molar refractivity (Wildman–Crippen MR) is 54.3 cm³/mol. The fourth-order valence-corrected chi connectivity index (χ4v) is 1.32. The average molecular weight is 201 g/mol. The number of nitrogens with zero attached hydrogens (tertiary/aromatic N) is 1. The highest BCUT2D eigenvalue weighted by Crippen LogP contribution is 1.95. The first kappa shape index (κ1) is 11.3. The first-order chi connectivity index (χ1) is 6.84. The van der Waals surface area contributed by atoms with E-state index in [0.717, 1.165) is 26.2 Å². The lowest BCUT2D eigenvalue weighted by atomic mass is 10.5. The molecule has 0 atom stereocenters. The van der Waals surface area contributed by atoms with Gasteiger partial charge in [-0.25, -0.2) is 4.79 Å². The van der Waals surface area contributed by atoms with E-state index < -0.39 is 0 Å². The van der Waals surface area contributed by atoms with Crippen molar-refractivity contribution >= 4 is 6.03 Å². The Morgan fingerprint density at radius 2 is 2.43 bits per heavy atom. The Bertz CT molecular complexity index is 175. The highest BCUT2D eigenvalue weighted by atomic mass is 16.5. The van der Waals surface area contributed by atoms with Gasteiger partial charge in [0, 0.05) is 26.2 Å². The van der Waals surface area contributed by atoms with Gasteiger partial charge in [-0.1, -0.05) is 6.92 Å². The molecule has 1 heterocycles. The van der Waals surface area contributed by atoms with Crippen molar-refractivity contribution < 1.29 is 9.53 Å². The van der Waals surface area contributed by atoms with Crippen molar-refractivity contribution in [3.63, 3.8) is 0 Å². The van der Waals surface area contributed by atoms with E-state index in [4.69, 9.17) is 4.74 Å². The topological polar surface area (TPSA) is 53.6 Å². The maximum Gasteiger partial charge on any atom is 0.317 e. The molecule has 5 heteroatoms. The van der Waals surface area contributed by atoms with Crippen molar-refractivity contribution in [3.8, 4) is 0 Å². The Labute approximate surface area is 84.8 Å². The summed E-state index contributed by atoms with van der Waals surface area (Å²) >= 11 is 0. The number of carbonyl (C=O) groups excluding carboxylic acids is 1. The zero-order chi connectivity index (χ0) is 10.2. The van der Waals surface area contributed by atoms with Crippen LogP contribution in [-0.2, 0) is 4.74 Å². The second-order valence-electron chi connectivity index (χ2n) is 3.18. The molecular formula is C9H19N3O2. The van der Waals surface area contributed by atoms with E-state index >= 15 is 0 Å². The molecule has 82 valence electrons. The second-order valence-corrected chi connectivity index (χ2v) is 3.18. The van der Waals surface area contributed by atoms with E-state index in [1.165, 1.54) is 0 Å². The molecule has 0 unspecified atom stereocenters. The number of hydrogen-bond acceptors (Lipinski definition) is 3. The second kappa shape index (κ2) is 6.62. The maximum atomic E-state index is 11.1. The number of nitrogens with one attached hydrogen (secondary N) is 2. The van der Waals surface area contributed by atoms with Crippen molar-refractivity contribution in [3.05, 3.63) is 0 Å². The number of amides is 2. The summed E-state index contributed by atoms with van der Waals surface area (Å²) in [6, 6.07) is 0.0280. The van der Waals surface area contributed by atoms with Gasteiger partial charge in [0.2, 0.25) is 0 Å². The minimum Gasteiger partial charge on any atom is -0.378 e. The van der Waals surface area contributed by atoms with Gasteiger partial charge in [0.25, 0.3) is 0 Å². The molecule has 0 radical (unpaired) electrons. The quantitative estimate of drug-likeness (QED) is 0.553. The number of rotatable bonds is 7. The van der Waals surface area contributed by atoms with E-state index in [2.05, 4.69) is 17.6 Å². The molecule has 1 saturated heterocycles. The first-order valence-electron chi connectivity index (χ1n) is 5.16. The fraction of sp³-hybridized carbons (Fsp3) is 0.889. The van der Waals surface area contributed by atoms with E-state index in [0.29, 0.717) is 19.8 Å². The molecule has 0 aromatic carbocycles. The van der Waals surface area contributed by atoms with Gasteiger partial charge in [0.05, 0.1) is 13.2 Å². The first-order valence-corrected chi connectivity index (χ1v) is 5.16. The van der Waals surface area contributed by atoms with Crippen LogP contribution in [0.1, 0.15) is 6.92 Å². The zero-order valence-electron chi connectivity index (χ0n) is 8.71. The maximum absolute atomic E-state index is 11.1. The normalized spacial score (nSPS) is 16.1. The molecule has 2 N–H and O–H groups in total. The molecule has 0 aromatic rings. The molecule has 1 rings (SSSR count). The van der Waals surface area contributed by atoms with Gasteiger partial charge in [0.15, 0.2) is 0 Å². The van der Waals surface area contributed by atoms with Gasteiger partial charge in [-0.2, -0.15) is 0 Å². The Balaban J connectivity index is 1.90. The fourth-order valence-electron chi connectivity index (χ4n) is 1.32. The van der Waals surface area contributed by atoms with Crippen LogP contribution in [0.4, 0.5) is 4.79 Å². The van der Waals surface area contributed by atoms with E-state index in [-0.39, 0.29) is 6.03 Å². The SMILES string of the molecule is CCNCCOCCN1CCNC1=O. The van der Waals surface area contributed by atoms with E-state index in [1.807, 2.05) is 0 Å². The molecule has 1 aliphatic rings. The number of likely N-dealkylation sites (N-methyl/N-ethyl adjacent to an activating group) is 1. The van der Waals surface area contributed by atoms with Gasteiger partial charge >= 0.3 is 6.03 Å². The van der Waals surface area contributed by atoms with E-state index in [9.17, 15) is 4.79 Å². The van der Waals surface area contributed by atoms with Gasteiger partial charge in [0.1, 0.15) is 0 Å². The Morgan fingerprint density at radius 1 is 1.57 bits per heavy atom. The summed E-state index contributed by atoms with van der Waals surface area (Å²) in [5.74, 6) is 0. The zero-order valence-corrected chi connectivity index (χ0v) is 8.71. The van der Waals surface area contributed by atoms with Crippen LogP contribution in [0.25, 0.3) is 0 Å². The smallest absolute Gasteiger partial charge is 0.317 e. The van der Waals surface area contributed by atoms with Crippen molar-refractivity contribution in [2.75, 3.05) is 45.9 Å². The lowest BCUT2D eigenvalue weighted by Crippen LogP contribution is -2.31. The molecule has 14 heavy (non-hydrogen) atoms. The van der Waals surface area contributed by atoms with Crippen LogP contribution in [-0.4, -0.2) is 56.9 Å². The van der Waals surface area contributed by atoms with Gasteiger partial charge in [-0.3, -0.25) is 0 Å². The van der Waals surface area contributed by atoms with Gasteiger partial charge < -0.3 is 20.3 Å². The summed E-state index contributed by atoms with van der Waals surface area (Å²) in [5.41, 5.74) is 0. The van der Waals surface area contributed by atoms with Crippen molar-refractivity contribution in [2.45, 2.75) is 6.92 Å². The van der Waals surface area contributed by atoms with Crippen LogP contribution < -0.4 is 10.6 Å². The summed E-state index contributed by atoms with van der Waals surface area (Å²) in [6.45, 7) is 7.50. The monoisotopic (exact) mass is 201 g/mol. The standard InChI is InChI=1S/C9H19N3O2/c1-2-10-4-7-14-8-6-12-5-3-11-9(12)13/h10H,2-8H2,1H3,(H,11,13). The largest absolute Gasteiger partial charge is 0.378 e. The number of ether oxygens (including phenoxy) is 1. The molecule has 2 amide bonds. The summed E-state index contributed by atoms with van der Waals surface area (Å²) < 4.78 is 5.36. The van der Waals surface area contributed by atoms with E-state index in [1.54, 1.807) is 4.90 Å². The molecule has 1 aliphatic heterocycles. The third kappa shape index (κ3) is 3.93. The summed E-state index contributed by atoms with van der Waals surface area (Å²) in [5, 5.41) is 5.92. The highest BCUT2D eigenvalue weighted by molar-refractivity contribution is 5.76. The Hall–Kier alpha value is -0.810. The van der Waals surface area contributed by atoms with Crippen LogP contribution in [0, 0.1) is 0 Å². The molecule has 1 fully saturated rings. The van der Waals surface area contributed by atoms with Crippen molar-refractivity contribution in [1.82, 2.24) is 15.5 Å². The number of hydrogen-bond donors (Lipinski definition) is 2. The summed E-state index contributed by atoms with van der Waals surface area (Å²) in [6.07, 6.45) is 0. The lowest BCUT2D eigenvalue weighted by molar-refractivity contribution is 0.117. The highest BCUT2D eigenvalue weighted by Gasteiger charge is 2.18. The molecule has 5 nitrogen and oxygen atoms in total. The van der Waals surface area contributed by atoms with Crippen LogP contribution in [0.15, 0.2) is 0 Å². The number of urea groups is 1. The lowest BCUT2D eigenvalue weighted by Gasteiger charge is -2.13. The molecule has 0 aliphatic carbocycles. The van der Waals surface area contributed by atoms with Crippen LogP contribution >= 0.6 is 0 Å². The van der Waals surface area contributed by atoms with Crippen molar-refractivity contribution in [2.24, 2.45) is 0 Å². The van der Waals surface area contributed by atoms with Crippen LogP contribution in [0.5, 0.6) is 0 Å². The molecule has 0 bridgehead atoms.